The zero-order valence-electron chi connectivity index (χ0n) is 20.8. The van der Waals surface area contributed by atoms with Gasteiger partial charge < -0.3 is 14.6 Å². The molecule has 4 aromatic rings. The molecule has 1 N–H and O–H groups in total. The number of carbonyl (C=O) groups is 2. The van der Waals surface area contributed by atoms with Crippen LogP contribution >= 0.6 is 11.3 Å². The van der Waals surface area contributed by atoms with E-state index in [1.165, 1.54) is 40.5 Å². The first kappa shape index (κ1) is 24.6. The standard InChI is InChI=1S/C28H21N3O7S/c1-14-10-15(2)23-21(11-14)39-28(29-23)30-24(16-4-3-5-18(12-16)31(35)36)22(26(33)27(30)34)25(32)17-6-7-19-20(13-17)38-9-8-37-19/h3-7,10-13,24,32H,8-9H2,1-2H3/b25-22+. The molecule has 1 fully saturated rings. The predicted octanol–water partition coefficient (Wildman–Crippen LogP) is 5.22. The molecule has 2 aliphatic rings. The lowest BCUT2D eigenvalue weighted by Crippen LogP contribution is -2.29. The number of non-ortho nitro benzene ring substituents is 1. The second kappa shape index (κ2) is 9.21. The molecule has 1 amide bonds. The third kappa shape index (κ3) is 4.07. The minimum atomic E-state index is -1.15. The maximum absolute atomic E-state index is 13.5. The van der Waals surface area contributed by atoms with E-state index in [0.717, 1.165) is 15.8 Å². The summed E-state index contributed by atoms with van der Waals surface area (Å²) in [7, 11) is 0. The quantitative estimate of drug-likeness (QED) is 0.122. The lowest BCUT2D eigenvalue weighted by Gasteiger charge is -2.23. The molecule has 1 unspecified atom stereocenters. The Morgan fingerprint density at radius 1 is 1.08 bits per heavy atom. The average Bonchev–Trinajstić information content (AvgIpc) is 3.46. The number of Topliss-reactive ketones (excluding diaryl/α,β-unsaturated/α-hetero) is 1. The SMILES string of the molecule is Cc1cc(C)c2nc(N3C(=O)C(=O)/C(=C(/O)c4ccc5c(c4)OCCO5)C3c3cccc([N+](=O)[O-])c3)sc2c1. The number of rotatable bonds is 4. The van der Waals surface area contributed by atoms with Gasteiger partial charge in [0, 0.05) is 17.7 Å². The number of hydrogen-bond donors (Lipinski definition) is 1. The number of fused-ring (bicyclic) bond motifs is 2. The van der Waals surface area contributed by atoms with Gasteiger partial charge in [-0.3, -0.25) is 24.6 Å². The summed E-state index contributed by atoms with van der Waals surface area (Å²) in [4.78, 5) is 43.9. The van der Waals surface area contributed by atoms with Crippen molar-refractivity contribution in [3.05, 3.63) is 92.5 Å². The first-order valence-electron chi connectivity index (χ1n) is 12.1. The van der Waals surface area contributed by atoms with E-state index < -0.39 is 28.4 Å². The number of ether oxygens (including phenoxy) is 2. The smallest absolute Gasteiger partial charge is 0.301 e. The number of carbonyl (C=O) groups excluding carboxylic acids is 2. The molecule has 0 spiro atoms. The molecule has 6 rings (SSSR count). The van der Waals surface area contributed by atoms with Gasteiger partial charge in [-0.2, -0.15) is 0 Å². The van der Waals surface area contributed by atoms with E-state index in [1.54, 1.807) is 18.2 Å². The maximum Gasteiger partial charge on any atom is 0.301 e. The van der Waals surface area contributed by atoms with Crippen molar-refractivity contribution in [3.63, 3.8) is 0 Å². The molecule has 1 atom stereocenters. The molecule has 2 aliphatic heterocycles. The summed E-state index contributed by atoms with van der Waals surface area (Å²) in [6, 6.07) is 13.1. The van der Waals surface area contributed by atoms with E-state index in [1.807, 2.05) is 26.0 Å². The maximum atomic E-state index is 13.5. The number of nitro groups is 1. The number of aliphatic hydroxyl groups excluding tert-OH is 1. The molecule has 0 radical (unpaired) electrons. The van der Waals surface area contributed by atoms with Crippen LogP contribution in [0.4, 0.5) is 10.8 Å². The number of ketones is 1. The van der Waals surface area contributed by atoms with E-state index in [0.29, 0.717) is 30.2 Å². The van der Waals surface area contributed by atoms with Crippen LogP contribution in [0.5, 0.6) is 11.5 Å². The number of benzene rings is 3. The number of hydrogen-bond acceptors (Lipinski definition) is 9. The van der Waals surface area contributed by atoms with Crippen molar-refractivity contribution in [2.24, 2.45) is 0 Å². The molecule has 3 aromatic carbocycles. The van der Waals surface area contributed by atoms with Gasteiger partial charge in [0.15, 0.2) is 16.6 Å². The van der Waals surface area contributed by atoms with Gasteiger partial charge in [0.05, 0.1) is 26.8 Å². The average molecular weight is 544 g/mol. The Bertz CT molecular complexity index is 1740. The fourth-order valence-corrected chi connectivity index (χ4v) is 6.13. The first-order valence-corrected chi connectivity index (χ1v) is 12.9. The fraction of sp³-hybridized carbons (Fsp3) is 0.179. The lowest BCUT2D eigenvalue weighted by atomic mass is 9.95. The Balaban J connectivity index is 1.57. The van der Waals surface area contributed by atoms with Gasteiger partial charge >= 0.3 is 5.91 Å². The summed E-state index contributed by atoms with van der Waals surface area (Å²) in [5.74, 6) is -1.36. The molecular formula is C28H21N3O7S. The van der Waals surface area contributed by atoms with Crippen LogP contribution < -0.4 is 14.4 Å². The topological polar surface area (TPSA) is 132 Å². The predicted molar refractivity (Wildman–Crippen MR) is 144 cm³/mol. The van der Waals surface area contributed by atoms with Crippen molar-refractivity contribution >= 4 is 49.8 Å². The number of amides is 1. The highest BCUT2D eigenvalue weighted by Gasteiger charge is 2.48. The van der Waals surface area contributed by atoms with E-state index in [4.69, 9.17) is 9.47 Å². The Labute approximate surface area is 225 Å². The van der Waals surface area contributed by atoms with Crippen molar-refractivity contribution in [1.29, 1.82) is 0 Å². The highest BCUT2D eigenvalue weighted by Crippen LogP contribution is 2.46. The molecule has 11 heteroatoms. The van der Waals surface area contributed by atoms with Crippen molar-refractivity contribution in [2.45, 2.75) is 19.9 Å². The summed E-state index contributed by atoms with van der Waals surface area (Å²) < 4.78 is 12.0. The van der Waals surface area contributed by atoms with Crippen LogP contribution in [0.15, 0.2) is 60.2 Å². The Kier molecular flexibility index (Phi) is 5.80. The van der Waals surface area contributed by atoms with Gasteiger partial charge in [0.2, 0.25) is 0 Å². The summed E-state index contributed by atoms with van der Waals surface area (Å²) in [6.07, 6.45) is 0. The zero-order valence-corrected chi connectivity index (χ0v) is 21.7. The first-order chi connectivity index (χ1) is 18.7. The van der Waals surface area contributed by atoms with E-state index >= 15 is 0 Å². The largest absolute Gasteiger partial charge is 0.507 e. The van der Waals surface area contributed by atoms with Gasteiger partial charge in [-0.25, -0.2) is 4.98 Å². The van der Waals surface area contributed by atoms with Crippen LogP contribution in [-0.2, 0) is 9.59 Å². The molecule has 39 heavy (non-hydrogen) atoms. The van der Waals surface area contributed by atoms with Crippen LogP contribution in [0.1, 0.15) is 28.3 Å². The minimum Gasteiger partial charge on any atom is -0.507 e. The van der Waals surface area contributed by atoms with Gasteiger partial charge in [0.1, 0.15) is 19.0 Å². The van der Waals surface area contributed by atoms with Crippen LogP contribution in [0, 0.1) is 24.0 Å². The summed E-state index contributed by atoms with van der Waals surface area (Å²) >= 11 is 1.23. The lowest BCUT2D eigenvalue weighted by molar-refractivity contribution is -0.384. The van der Waals surface area contributed by atoms with Crippen molar-refractivity contribution in [2.75, 3.05) is 18.1 Å². The second-order valence-corrected chi connectivity index (χ2v) is 10.3. The van der Waals surface area contributed by atoms with Crippen LogP contribution in [0.25, 0.3) is 16.0 Å². The number of thiazole rings is 1. The van der Waals surface area contributed by atoms with Gasteiger partial charge in [-0.1, -0.05) is 29.5 Å². The molecule has 0 aliphatic carbocycles. The number of aromatic nitrogens is 1. The number of aliphatic hydroxyl groups is 1. The van der Waals surface area contributed by atoms with E-state index in [-0.39, 0.29) is 27.5 Å². The highest BCUT2D eigenvalue weighted by molar-refractivity contribution is 7.22. The molecule has 196 valence electrons. The number of nitrogens with zero attached hydrogens (tertiary/aromatic N) is 3. The molecule has 0 saturated carbocycles. The van der Waals surface area contributed by atoms with Crippen molar-refractivity contribution in [3.8, 4) is 11.5 Å². The molecule has 0 bridgehead atoms. The third-order valence-electron chi connectivity index (χ3n) is 6.68. The normalized spacial score (nSPS) is 18.1. The van der Waals surface area contributed by atoms with Crippen molar-refractivity contribution < 1.29 is 29.1 Å². The third-order valence-corrected chi connectivity index (χ3v) is 7.68. The molecule has 1 saturated heterocycles. The highest BCUT2D eigenvalue weighted by atomic mass is 32.1. The van der Waals surface area contributed by atoms with Crippen LogP contribution in [-0.4, -0.2) is 39.9 Å². The fourth-order valence-electron chi connectivity index (χ4n) is 4.96. The number of anilines is 1. The van der Waals surface area contributed by atoms with Gasteiger partial charge in [0.25, 0.3) is 11.5 Å². The Morgan fingerprint density at radius 2 is 1.85 bits per heavy atom. The Hall–Kier alpha value is -4.77. The minimum absolute atomic E-state index is 0.204. The summed E-state index contributed by atoms with van der Waals surface area (Å²) in [6.45, 7) is 4.57. The van der Waals surface area contributed by atoms with Crippen LogP contribution in [0.3, 0.4) is 0 Å². The molecular weight excluding hydrogens is 522 g/mol. The van der Waals surface area contributed by atoms with Gasteiger partial charge in [-0.15, -0.1) is 0 Å². The van der Waals surface area contributed by atoms with E-state index in [9.17, 15) is 24.8 Å². The summed E-state index contributed by atoms with van der Waals surface area (Å²) in [5, 5.41) is 23.3. The Morgan fingerprint density at radius 3 is 2.62 bits per heavy atom. The molecule has 10 nitrogen and oxygen atoms in total. The zero-order chi connectivity index (χ0) is 27.4. The van der Waals surface area contributed by atoms with E-state index in [2.05, 4.69) is 4.98 Å². The molecule has 3 heterocycles. The number of aryl methyl sites for hydroxylation is 2. The second-order valence-electron chi connectivity index (χ2n) is 9.30. The monoisotopic (exact) mass is 543 g/mol. The van der Waals surface area contributed by atoms with Crippen molar-refractivity contribution in [1.82, 2.24) is 4.98 Å². The van der Waals surface area contributed by atoms with Gasteiger partial charge in [-0.05, 0) is 54.8 Å². The van der Waals surface area contributed by atoms with Crippen LogP contribution in [0.2, 0.25) is 0 Å². The number of nitro benzene ring substituents is 1. The molecule has 1 aromatic heterocycles. The summed E-state index contributed by atoms with van der Waals surface area (Å²) in [5.41, 5.74) is 2.72.